The van der Waals surface area contributed by atoms with E-state index in [0.29, 0.717) is 12.4 Å². The van der Waals surface area contributed by atoms with Gasteiger partial charge in [-0.1, -0.05) is 6.07 Å². The number of anilines is 1. The van der Waals surface area contributed by atoms with Gasteiger partial charge in [-0.15, -0.1) is 0 Å². The van der Waals surface area contributed by atoms with Gasteiger partial charge in [-0.05, 0) is 24.3 Å². The number of nitrogens with zero attached hydrogens (tertiary/aromatic N) is 3. The molecule has 0 aliphatic carbocycles. The molecule has 0 amide bonds. The number of nitrogens with one attached hydrogen (secondary N) is 1. The Morgan fingerprint density at radius 3 is 2.58 bits per heavy atom. The lowest BCUT2D eigenvalue weighted by molar-refractivity contribution is 0.504. The summed E-state index contributed by atoms with van der Waals surface area (Å²) in [5.74, 6) is 0.647. The Morgan fingerprint density at radius 1 is 0.947 bits per heavy atom. The van der Waals surface area contributed by atoms with Crippen molar-refractivity contribution in [2.24, 2.45) is 0 Å². The Bertz CT molecular complexity index is 620. The second kappa shape index (κ2) is 5.30. The molecule has 0 radical (unpaired) electrons. The van der Waals surface area contributed by atoms with Crippen LogP contribution in [0, 0.1) is 0 Å². The maximum atomic E-state index is 5.14. The fraction of sp³-hybridized carbons (Fsp3) is 0.0714. The molecule has 0 aliphatic heterocycles. The van der Waals surface area contributed by atoms with Crippen LogP contribution in [0.1, 0.15) is 5.89 Å². The SMILES string of the molecule is c1ccc(-c2ccc(NCc3ncco3)cn2)nc1. The molecule has 5 nitrogen and oxygen atoms in total. The Labute approximate surface area is 110 Å². The van der Waals surface area contributed by atoms with Crippen molar-refractivity contribution in [3.05, 3.63) is 61.1 Å². The lowest BCUT2D eigenvalue weighted by Gasteiger charge is -2.04. The van der Waals surface area contributed by atoms with Crippen molar-refractivity contribution in [3.63, 3.8) is 0 Å². The zero-order chi connectivity index (χ0) is 12.9. The van der Waals surface area contributed by atoms with Crippen molar-refractivity contribution < 1.29 is 4.42 Å². The molecule has 0 aromatic carbocycles. The number of hydrogen-bond donors (Lipinski definition) is 1. The lowest BCUT2D eigenvalue weighted by Crippen LogP contribution is -2.00. The van der Waals surface area contributed by atoms with E-state index < -0.39 is 0 Å². The van der Waals surface area contributed by atoms with Crippen molar-refractivity contribution in [1.29, 1.82) is 0 Å². The maximum Gasteiger partial charge on any atom is 0.213 e. The minimum Gasteiger partial charge on any atom is -0.447 e. The summed E-state index contributed by atoms with van der Waals surface area (Å²) in [4.78, 5) is 12.7. The third-order valence-electron chi connectivity index (χ3n) is 2.62. The van der Waals surface area contributed by atoms with E-state index in [4.69, 9.17) is 4.42 Å². The molecule has 3 aromatic rings. The minimum absolute atomic E-state index is 0.539. The first kappa shape index (κ1) is 11.4. The highest BCUT2D eigenvalue weighted by Crippen LogP contribution is 2.15. The third-order valence-corrected chi connectivity index (χ3v) is 2.62. The van der Waals surface area contributed by atoms with E-state index >= 15 is 0 Å². The Hall–Kier alpha value is -2.69. The van der Waals surface area contributed by atoms with Crippen LogP contribution < -0.4 is 5.32 Å². The normalized spacial score (nSPS) is 10.3. The van der Waals surface area contributed by atoms with Crippen LogP contribution in [0.25, 0.3) is 11.4 Å². The van der Waals surface area contributed by atoms with Gasteiger partial charge in [0.15, 0.2) is 0 Å². The quantitative estimate of drug-likeness (QED) is 0.773. The Kier molecular flexibility index (Phi) is 3.18. The summed E-state index contributed by atoms with van der Waals surface area (Å²) < 4.78 is 5.14. The van der Waals surface area contributed by atoms with Crippen LogP contribution in [-0.4, -0.2) is 15.0 Å². The Morgan fingerprint density at radius 2 is 1.89 bits per heavy atom. The predicted molar refractivity (Wildman–Crippen MR) is 71.3 cm³/mol. The largest absolute Gasteiger partial charge is 0.447 e. The van der Waals surface area contributed by atoms with Crippen molar-refractivity contribution in [2.45, 2.75) is 6.54 Å². The van der Waals surface area contributed by atoms with Gasteiger partial charge in [-0.2, -0.15) is 0 Å². The van der Waals surface area contributed by atoms with Crippen molar-refractivity contribution in [2.75, 3.05) is 5.32 Å². The second-order valence-corrected chi connectivity index (χ2v) is 3.93. The molecule has 19 heavy (non-hydrogen) atoms. The summed E-state index contributed by atoms with van der Waals surface area (Å²) in [5, 5.41) is 3.19. The number of oxazole rings is 1. The molecule has 0 saturated heterocycles. The molecular weight excluding hydrogens is 240 g/mol. The van der Waals surface area contributed by atoms with Gasteiger partial charge in [-0.25, -0.2) is 4.98 Å². The van der Waals surface area contributed by atoms with E-state index in [0.717, 1.165) is 17.1 Å². The van der Waals surface area contributed by atoms with Crippen molar-refractivity contribution >= 4 is 5.69 Å². The standard InChI is InChI=1S/C14H12N4O/c1-2-6-15-12(3-1)13-5-4-11(9-18-13)17-10-14-16-7-8-19-14/h1-9,17H,10H2. The molecule has 94 valence electrons. The monoisotopic (exact) mass is 252 g/mol. The van der Waals surface area contributed by atoms with Gasteiger partial charge >= 0.3 is 0 Å². The highest BCUT2D eigenvalue weighted by Gasteiger charge is 2.01. The smallest absolute Gasteiger partial charge is 0.213 e. The summed E-state index contributed by atoms with van der Waals surface area (Å²) in [6.45, 7) is 0.539. The molecule has 0 saturated carbocycles. The molecule has 3 heterocycles. The van der Waals surface area contributed by atoms with Crippen LogP contribution >= 0.6 is 0 Å². The predicted octanol–water partition coefficient (Wildman–Crippen LogP) is 2.74. The number of pyridine rings is 2. The summed E-state index contributed by atoms with van der Waals surface area (Å²) in [6, 6.07) is 9.65. The van der Waals surface area contributed by atoms with E-state index in [1.165, 1.54) is 0 Å². The van der Waals surface area contributed by atoms with E-state index in [1.54, 1.807) is 24.9 Å². The highest BCUT2D eigenvalue weighted by molar-refractivity contribution is 5.56. The maximum absolute atomic E-state index is 5.14. The number of rotatable bonds is 4. The molecule has 5 heteroatoms. The first-order chi connectivity index (χ1) is 9.42. The molecule has 0 fully saturated rings. The molecule has 0 spiro atoms. The summed E-state index contributed by atoms with van der Waals surface area (Å²) in [7, 11) is 0. The van der Waals surface area contributed by atoms with Crippen LogP contribution in [0.5, 0.6) is 0 Å². The van der Waals surface area contributed by atoms with Crippen molar-refractivity contribution in [1.82, 2.24) is 15.0 Å². The van der Waals surface area contributed by atoms with E-state index in [2.05, 4.69) is 20.3 Å². The van der Waals surface area contributed by atoms with E-state index in [1.807, 2.05) is 30.3 Å². The van der Waals surface area contributed by atoms with Gasteiger partial charge in [0.1, 0.15) is 6.26 Å². The number of aromatic nitrogens is 3. The second-order valence-electron chi connectivity index (χ2n) is 3.93. The fourth-order valence-corrected chi connectivity index (χ4v) is 1.68. The summed E-state index contributed by atoms with van der Waals surface area (Å²) >= 11 is 0. The zero-order valence-corrected chi connectivity index (χ0v) is 10.2. The molecule has 3 rings (SSSR count). The topological polar surface area (TPSA) is 63.8 Å². The average molecular weight is 252 g/mol. The van der Waals surface area contributed by atoms with Crippen LogP contribution in [0.4, 0.5) is 5.69 Å². The van der Waals surface area contributed by atoms with Gasteiger partial charge in [0.2, 0.25) is 5.89 Å². The molecular formula is C14H12N4O. The first-order valence-corrected chi connectivity index (χ1v) is 5.91. The number of hydrogen-bond acceptors (Lipinski definition) is 5. The third kappa shape index (κ3) is 2.77. The molecule has 3 aromatic heterocycles. The van der Waals surface area contributed by atoms with Gasteiger partial charge in [0.25, 0.3) is 0 Å². The Balaban J connectivity index is 1.69. The summed E-state index contributed by atoms with van der Waals surface area (Å²) in [5.41, 5.74) is 2.63. The minimum atomic E-state index is 0.539. The molecule has 0 aliphatic rings. The van der Waals surface area contributed by atoms with Crippen molar-refractivity contribution in [3.8, 4) is 11.4 Å². The van der Waals surface area contributed by atoms with E-state index in [9.17, 15) is 0 Å². The van der Waals surface area contributed by atoms with Crippen LogP contribution in [0.2, 0.25) is 0 Å². The first-order valence-electron chi connectivity index (χ1n) is 5.91. The van der Waals surface area contributed by atoms with Crippen LogP contribution in [-0.2, 0) is 6.54 Å². The van der Waals surface area contributed by atoms with Gasteiger partial charge < -0.3 is 9.73 Å². The average Bonchev–Trinajstić information content (AvgIpc) is 3.00. The van der Waals surface area contributed by atoms with Crippen LogP contribution in [0.15, 0.2) is 59.6 Å². The van der Waals surface area contributed by atoms with Crippen LogP contribution in [0.3, 0.4) is 0 Å². The highest BCUT2D eigenvalue weighted by atomic mass is 16.3. The molecule has 1 N–H and O–H groups in total. The summed E-state index contributed by atoms with van der Waals surface area (Å²) in [6.07, 6.45) is 6.71. The molecule has 0 bridgehead atoms. The van der Waals surface area contributed by atoms with Gasteiger partial charge in [-0.3, -0.25) is 9.97 Å². The van der Waals surface area contributed by atoms with Gasteiger partial charge in [0, 0.05) is 6.20 Å². The molecule has 0 atom stereocenters. The molecule has 0 unspecified atom stereocenters. The fourth-order valence-electron chi connectivity index (χ4n) is 1.68. The van der Waals surface area contributed by atoms with Gasteiger partial charge in [0.05, 0.1) is 36.0 Å². The lowest BCUT2D eigenvalue weighted by atomic mass is 10.2. The van der Waals surface area contributed by atoms with E-state index in [-0.39, 0.29) is 0 Å². The zero-order valence-electron chi connectivity index (χ0n) is 10.2.